The Morgan fingerprint density at radius 1 is 0.883 bits per heavy atom. The molecule has 9 atom stereocenters. The van der Waals surface area contributed by atoms with E-state index in [1.54, 1.807) is 63.3 Å². The second kappa shape index (κ2) is 19.7. The van der Waals surface area contributed by atoms with Gasteiger partial charge in [0.25, 0.3) is 0 Å². The molecule has 2 fully saturated rings. The first-order chi connectivity index (χ1) is 28.7. The maximum absolute atomic E-state index is 13.8. The first kappa shape index (κ1) is 44.7. The second-order valence-electron chi connectivity index (χ2n) is 15.9. The van der Waals surface area contributed by atoms with Crippen molar-refractivity contribution in [3.8, 4) is 0 Å². The number of aliphatic hydroxyl groups is 5. The minimum atomic E-state index is -1.56. The average Bonchev–Trinajstić information content (AvgIpc) is 3.65. The van der Waals surface area contributed by atoms with Gasteiger partial charge in [-0.2, -0.15) is 0 Å². The van der Waals surface area contributed by atoms with Gasteiger partial charge in [0.1, 0.15) is 48.3 Å². The van der Waals surface area contributed by atoms with Crippen LogP contribution in [-0.2, 0) is 43.8 Å². The molecule has 1 amide bonds. The molecular weight excluding hydrogens is 778 g/mol. The molecule has 322 valence electrons. The predicted octanol–water partition coefficient (Wildman–Crippen LogP) is 2.66. The van der Waals surface area contributed by atoms with Crippen molar-refractivity contribution in [1.29, 1.82) is 0 Å². The molecule has 1 aliphatic carbocycles. The van der Waals surface area contributed by atoms with E-state index < -0.39 is 97.5 Å². The number of nitrogens with one attached hydrogen (secondary N) is 1. The van der Waals surface area contributed by atoms with Gasteiger partial charge >= 0.3 is 11.9 Å². The molecule has 2 saturated heterocycles. The Kier molecular flexibility index (Phi) is 14.7. The molecule has 0 saturated carbocycles. The number of hydrogen-bond acceptors (Lipinski definition) is 14. The largest absolute Gasteiger partial charge is 0.460 e. The Bertz CT molecular complexity index is 1920. The SMILES string of the molecule is CC(C)(C)OC(=O)CCC(CO)NC(=O)C1=CC2OC(c3ccccc3)(c3ccccc3)OC2C(OC(=O)c2ccc(C=CCOC3OC(CO)C(O)C(O)C3O)cc2)C1. The number of carbonyl (C=O) groups is 3. The van der Waals surface area contributed by atoms with Crippen molar-refractivity contribution >= 4 is 23.9 Å². The monoisotopic (exact) mass is 831 g/mol. The van der Waals surface area contributed by atoms with Crippen molar-refractivity contribution in [2.45, 2.75) is 106 Å². The quantitative estimate of drug-likeness (QED) is 0.121. The zero-order chi connectivity index (χ0) is 43.0. The summed E-state index contributed by atoms with van der Waals surface area (Å²) in [7, 11) is 0. The molecule has 0 radical (unpaired) electrons. The fourth-order valence-corrected chi connectivity index (χ4v) is 7.24. The highest BCUT2D eigenvalue weighted by atomic mass is 16.8. The third-order valence-corrected chi connectivity index (χ3v) is 10.3. The smallest absolute Gasteiger partial charge is 0.338 e. The molecule has 0 bridgehead atoms. The summed E-state index contributed by atoms with van der Waals surface area (Å²) in [5, 5.41) is 52.5. The fraction of sp³-hybridized carbons (Fsp3) is 0.444. The number of ether oxygens (including phenoxy) is 6. The van der Waals surface area contributed by atoms with E-state index in [-0.39, 0.29) is 37.0 Å². The van der Waals surface area contributed by atoms with Crippen LogP contribution in [0.5, 0.6) is 0 Å². The van der Waals surface area contributed by atoms with Crippen LogP contribution >= 0.6 is 0 Å². The lowest BCUT2D eigenvalue weighted by Gasteiger charge is -2.39. The van der Waals surface area contributed by atoms with E-state index in [9.17, 15) is 39.9 Å². The van der Waals surface area contributed by atoms with Gasteiger partial charge in [-0.05, 0) is 51.0 Å². The zero-order valence-electron chi connectivity index (χ0n) is 33.7. The summed E-state index contributed by atoms with van der Waals surface area (Å²) in [6.07, 6.45) is -4.56. The Labute approximate surface area is 348 Å². The van der Waals surface area contributed by atoms with Crippen LogP contribution in [0.3, 0.4) is 0 Å². The first-order valence-corrected chi connectivity index (χ1v) is 19.9. The molecule has 3 aliphatic rings. The van der Waals surface area contributed by atoms with Gasteiger partial charge in [-0.3, -0.25) is 9.59 Å². The third-order valence-electron chi connectivity index (χ3n) is 10.3. The fourth-order valence-electron chi connectivity index (χ4n) is 7.24. The average molecular weight is 832 g/mol. The van der Waals surface area contributed by atoms with Gasteiger partial charge < -0.3 is 59.3 Å². The van der Waals surface area contributed by atoms with Gasteiger partial charge in [0.2, 0.25) is 11.7 Å². The second-order valence-corrected chi connectivity index (χ2v) is 15.9. The molecule has 15 heteroatoms. The Morgan fingerprint density at radius 2 is 1.53 bits per heavy atom. The Balaban J connectivity index is 1.17. The van der Waals surface area contributed by atoms with Gasteiger partial charge in [0.15, 0.2) is 6.29 Å². The molecule has 6 N–H and O–H groups in total. The summed E-state index contributed by atoms with van der Waals surface area (Å²) >= 11 is 0. The van der Waals surface area contributed by atoms with E-state index >= 15 is 0 Å². The highest BCUT2D eigenvalue weighted by molar-refractivity contribution is 5.94. The van der Waals surface area contributed by atoms with Crippen molar-refractivity contribution in [2.75, 3.05) is 19.8 Å². The number of esters is 2. The Morgan fingerprint density at radius 3 is 2.13 bits per heavy atom. The van der Waals surface area contributed by atoms with Gasteiger partial charge in [0.05, 0.1) is 31.4 Å². The van der Waals surface area contributed by atoms with E-state index in [1.165, 1.54) is 0 Å². The van der Waals surface area contributed by atoms with Crippen molar-refractivity contribution < 1.29 is 68.3 Å². The minimum absolute atomic E-state index is 0.0229. The number of amides is 1. The molecule has 6 rings (SSSR count). The zero-order valence-corrected chi connectivity index (χ0v) is 33.7. The highest BCUT2D eigenvalue weighted by Gasteiger charge is 2.55. The lowest BCUT2D eigenvalue weighted by atomic mass is 9.91. The highest BCUT2D eigenvalue weighted by Crippen LogP contribution is 2.47. The molecule has 3 aromatic carbocycles. The third kappa shape index (κ3) is 10.7. The summed E-state index contributed by atoms with van der Waals surface area (Å²) < 4.78 is 35.9. The summed E-state index contributed by atoms with van der Waals surface area (Å²) in [6.45, 7) is 4.23. The minimum Gasteiger partial charge on any atom is -0.460 e. The molecule has 0 spiro atoms. The predicted molar refractivity (Wildman–Crippen MR) is 215 cm³/mol. The van der Waals surface area contributed by atoms with Crippen LogP contribution in [0.1, 0.15) is 67.1 Å². The van der Waals surface area contributed by atoms with Crippen molar-refractivity contribution in [1.82, 2.24) is 5.32 Å². The van der Waals surface area contributed by atoms with E-state index in [0.29, 0.717) is 16.7 Å². The summed E-state index contributed by atoms with van der Waals surface area (Å²) in [4.78, 5) is 40.0. The molecule has 2 heterocycles. The molecule has 3 aromatic rings. The number of rotatable bonds is 15. The normalized spacial score (nSPS) is 26.8. The Hall–Kier alpha value is -4.81. The molecule has 60 heavy (non-hydrogen) atoms. The lowest BCUT2D eigenvalue weighted by Crippen LogP contribution is -2.59. The number of carbonyl (C=O) groups excluding carboxylic acids is 3. The topological polar surface area (TPSA) is 220 Å². The molecular formula is C45H53NO14. The van der Waals surface area contributed by atoms with Crippen molar-refractivity contribution in [3.05, 3.63) is 125 Å². The van der Waals surface area contributed by atoms with Crippen LogP contribution in [0.2, 0.25) is 0 Å². The van der Waals surface area contributed by atoms with E-state index in [2.05, 4.69) is 5.32 Å². The van der Waals surface area contributed by atoms with Crippen molar-refractivity contribution in [2.24, 2.45) is 0 Å². The van der Waals surface area contributed by atoms with Gasteiger partial charge in [-0.1, -0.05) is 84.9 Å². The van der Waals surface area contributed by atoms with Crippen LogP contribution in [0.4, 0.5) is 0 Å². The number of fused-ring (bicyclic) bond motifs is 1. The number of hydrogen-bond donors (Lipinski definition) is 6. The van der Waals surface area contributed by atoms with E-state index in [0.717, 1.165) is 0 Å². The van der Waals surface area contributed by atoms with Crippen molar-refractivity contribution in [3.63, 3.8) is 0 Å². The summed E-state index contributed by atoms with van der Waals surface area (Å²) in [5.41, 5.74) is 1.87. The molecule has 9 unspecified atom stereocenters. The van der Waals surface area contributed by atoms with Crippen LogP contribution in [0.25, 0.3) is 6.08 Å². The van der Waals surface area contributed by atoms with Crippen LogP contribution < -0.4 is 5.32 Å². The summed E-state index contributed by atoms with van der Waals surface area (Å²) in [5.74, 6) is -3.06. The molecule has 15 nitrogen and oxygen atoms in total. The van der Waals surface area contributed by atoms with Crippen LogP contribution in [0.15, 0.2) is 103 Å². The molecule has 0 aromatic heterocycles. The number of aliphatic hydroxyl groups excluding tert-OH is 5. The van der Waals surface area contributed by atoms with Gasteiger partial charge in [-0.25, -0.2) is 4.79 Å². The summed E-state index contributed by atoms with van der Waals surface area (Å²) in [6, 6.07) is 24.4. The van der Waals surface area contributed by atoms with Gasteiger partial charge in [-0.15, -0.1) is 0 Å². The van der Waals surface area contributed by atoms with Crippen LogP contribution in [0, 0.1) is 0 Å². The van der Waals surface area contributed by atoms with E-state index in [4.69, 9.17) is 28.4 Å². The first-order valence-electron chi connectivity index (χ1n) is 19.9. The maximum atomic E-state index is 13.8. The molecule has 2 aliphatic heterocycles. The lowest BCUT2D eigenvalue weighted by molar-refractivity contribution is -0.298. The van der Waals surface area contributed by atoms with Crippen LogP contribution in [-0.4, -0.2) is 124 Å². The maximum Gasteiger partial charge on any atom is 0.338 e. The standard InChI is InChI=1S/C45H53NO14/c1-44(2,3)59-36(49)21-20-32(25-47)46-41(53)29-23-33(40-34(24-29)58-45(60-40,30-12-6-4-7-13-30)31-14-8-5-9-15-31)56-42(54)28-18-16-27(17-19-28)11-10-22-55-43-39(52)38(51)37(50)35(26-48)57-43/h4-19,24,32-35,37-40,43,47-48,50-52H,20-23,25-26H2,1-3H3,(H,46,53). The van der Waals surface area contributed by atoms with Gasteiger partial charge in [0, 0.05) is 29.5 Å². The number of benzene rings is 3. The van der Waals surface area contributed by atoms with E-state index in [1.807, 2.05) is 60.7 Å².